The summed E-state index contributed by atoms with van der Waals surface area (Å²) in [6.07, 6.45) is 0.769. The van der Waals surface area contributed by atoms with E-state index in [1.807, 2.05) is 18.8 Å². The van der Waals surface area contributed by atoms with Gasteiger partial charge in [-0.3, -0.25) is 4.90 Å². The summed E-state index contributed by atoms with van der Waals surface area (Å²) in [5.74, 6) is 3.84. The first-order chi connectivity index (χ1) is 11.2. The molecule has 3 rings (SSSR count). The van der Waals surface area contributed by atoms with Crippen LogP contribution in [-0.2, 0) is 13.0 Å². The molecule has 0 aliphatic carbocycles. The monoisotopic (exact) mass is 332 g/mol. The highest BCUT2D eigenvalue weighted by Crippen LogP contribution is 2.19. The maximum Gasteiger partial charge on any atom is 0.257 e. The summed E-state index contributed by atoms with van der Waals surface area (Å²) in [7, 11) is 1.94. The fourth-order valence-corrected chi connectivity index (χ4v) is 3.58. The highest BCUT2D eigenvalue weighted by Gasteiger charge is 2.13. The van der Waals surface area contributed by atoms with E-state index in [1.165, 1.54) is 30.2 Å². The number of benzene rings is 1. The lowest BCUT2D eigenvalue weighted by Crippen LogP contribution is -2.31. The third-order valence-corrected chi connectivity index (χ3v) is 5.10. The molecule has 0 spiro atoms. The van der Waals surface area contributed by atoms with Crippen molar-refractivity contribution in [3.05, 3.63) is 35.7 Å². The molecule has 1 aliphatic rings. The van der Waals surface area contributed by atoms with Crippen molar-refractivity contribution in [3.8, 4) is 11.5 Å². The molecule has 1 saturated heterocycles. The van der Waals surface area contributed by atoms with Gasteiger partial charge >= 0.3 is 0 Å². The molecule has 0 bridgehead atoms. The predicted molar refractivity (Wildman–Crippen MR) is 94.6 cm³/mol. The van der Waals surface area contributed by atoms with Gasteiger partial charge < -0.3 is 9.84 Å². The maximum absolute atomic E-state index is 5.38. The normalized spacial score (nSPS) is 17.3. The first-order valence-corrected chi connectivity index (χ1v) is 9.29. The van der Waals surface area contributed by atoms with Crippen molar-refractivity contribution in [1.82, 2.24) is 20.4 Å². The Morgan fingerprint density at radius 3 is 2.70 bits per heavy atom. The molecule has 0 radical (unpaired) electrons. The minimum absolute atomic E-state index is 0.338. The summed E-state index contributed by atoms with van der Waals surface area (Å²) in [4.78, 5) is 6.99. The molecule has 0 saturated carbocycles. The maximum atomic E-state index is 5.38. The van der Waals surface area contributed by atoms with Crippen LogP contribution in [0.1, 0.15) is 18.3 Å². The zero-order chi connectivity index (χ0) is 16.1. The van der Waals surface area contributed by atoms with Gasteiger partial charge in [-0.1, -0.05) is 17.3 Å². The molecule has 1 aromatic carbocycles. The van der Waals surface area contributed by atoms with Crippen LogP contribution < -0.4 is 5.32 Å². The van der Waals surface area contributed by atoms with Gasteiger partial charge in [0.2, 0.25) is 0 Å². The van der Waals surface area contributed by atoms with Crippen molar-refractivity contribution in [2.75, 3.05) is 31.6 Å². The smallest absolute Gasteiger partial charge is 0.257 e. The molecule has 2 aromatic rings. The van der Waals surface area contributed by atoms with Gasteiger partial charge in [0.05, 0.1) is 0 Å². The Balaban J connectivity index is 1.62. The van der Waals surface area contributed by atoms with Gasteiger partial charge in [0.25, 0.3) is 5.89 Å². The summed E-state index contributed by atoms with van der Waals surface area (Å²) < 4.78 is 5.38. The van der Waals surface area contributed by atoms with Gasteiger partial charge in [-0.15, -0.1) is 0 Å². The zero-order valence-corrected chi connectivity index (χ0v) is 14.6. The molecule has 1 fully saturated rings. The molecular weight excluding hydrogens is 308 g/mol. The molecule has 23 heavy (non-hydrogen) atoms. The fourth-order valence-electron chi connectivity index (χ4n) is 2.60. The third kappa shape index (κ3) is 4.56. The van der Waals surface area contributed by atoms with Crippen LogP contribution in [0, 0.1) is 0 Å². The van der Waals surface area contributed by atoms with E-state index in [0.29, 0.717) is 11.9 Å². The summed E-state index contributed by atoms with van der Waals surface area (Å²) in [5, 5.41) is 7.24. The highest BCUT2D eigenvalue weighted by atomic mass is 32.2. The molecule has 1 N–H and O–H groups in total. The lowest BCUT2D eigenvalue weighted by atomic mass is 10.1. The SMILES string of the molecule is CNC(C)Cc1noc(-c2ccc(CN3CCSCC3)cc2)n1. The van der Waals surface area contributed by atoms with Gasteiger partial charge in [-0.05, 0) is 31.7 Å². The zero-order valence-electron chi connectivity index (χ0n) is 13.8. The summed E-state index contributed by atoms with van der Waals surface area (Å²) in [6.45, 7) is 5.49. The van der Waals surface area contributed by atoms with Crippen molar-refractivity contribution in [3.63, 3.8) is 0 Å². The summed E-state index contributed by atoms with van der Waals surface area (Å²) in [5.41, 5.74) is 2.32. The van der Waals surface area contributed by atoms with Crippen LogP contribution in [-0.4, -0.2) is 52.7 Å². The van der Waals surface area contributed by atoms with E-state index in [1.54, 1.807) is 0 Å². The van der Waals surface area contributed by atoms with Crippen LogP contribution in [0.5, 0.6) is 0 Å². The van der Waals surface area contributed by atoms with E-state index in [2.05, 4.69) is 51.5 Å². The number of aromatic nitrogens is 2. The van der Waals surface area contributed by atoms with E-state index in [9.17, 15) is 0 Å². The summed E-state index contributed by atoms with van der Waals surface area (Å²) >= 11 is 2.04. The molecule has 6 heteroatoms. The van der Waals surface area contributed by atoms with E-state index in [0.717, 1.165) is 24.4 Å². The minimum atomic E-state index is 0.338. The van der Waals surface area contributed by atoms with Crippen molar-refractivity contribution in [2.24, 2.45) is 0 Å². The Labute approximate surface area is 141 Å². The number of nitrogens with one attached hydrogen (secondary N) is 1. The molecule has 0 amide bonds. The van der Waals surface area contributed by atoms with Crippen LogP contribution in [0.4, 0.5) is 0 Å². The molecule has 124 valence electrons. The van der Waals surface area contributed by atoms with Crippen molar-refractivity contribution < 1.29 is 4.52 Å². The lowest BCUT2D eigenvalue weighted by Gasteiger charge is -2.26. The molecule has 5 nitrogen and oxygen atoms in total. The molecule has 1 aromatic heterocycles. The third-order valence-electron chi connectivity index (χ3n) is 4.16. The minimum Gasteiger partial charge on any atom is -0.334 e. The van der Waals surface area contributed by atoms with Crippen molar-refractivity contribution >= 4 is 11.8 Å². The lowest BCUT2D eigenvalue weighted by molar-refractivity contribution is 0.294. The van der Waals surface area contributed by atoms with E-state index < -0.39 is 0 Å². The molecule has 1 unspecified atom stereocenters. The van der Waals surface area contributed by atoms with Crippen molar-refractivity contribution in [1.29, 1.82) is 0 Å². The van der Waals surface area contributed by atoms with E-state index in [4.69, 9.17) is 4.52 Å². The number of thioether (sulfide) groups is 1. The van der Waals surface area contributed by atoms with Crippen LogP contribution in [0.2, 0.25) is 0 Å². The average Bonchev–Trinajstić information content (AvgIpc) is 3.05. The molecule has 2 heterocycles. The van der Waals surface area contributed by atoms with Crippen LogP contribution in [0.3, 0.4) is 0 Å². The Bertz CT molecular complexity index is 607. The number of likely N-dealkylation sites (N-methyl/N-ethyl adjacent to an activating group) is 1. The molecular formula is C17H24N4OS. The molecule has 1 atom stereocenters. The van der Waals surface area contributed by atoms with E-state index >= 15 is 0 Å². The number of hydrogen-bond donors (Lipinski definition) is 1. The molecule has 1 aliphatic heterocycles. The standard InChI is InChI=1S/C17H24N4OS/c1-13(18-2)11-16-19-17(22-20-16)15-5-3-14(4-6-15)12-21-7-9-23-10-8-21/h3-6,13,18H,7-12H2,1-2H3. The predicted octanol–water partition coefficient (Wildman–Crippen LogP) is 2.44. The van der Waals surface area contributed by atoms with Gasteiger partial charge in [0.1, 0.15) is 0 Å². The average molecular weight is 332 g/mol. The van der Waals surface area contributed by atoms with Crippen LogP contribution in [0.15, 0.2) is 28.8 Å². The Kier molecular flexibility index (Phi) is 5.70. The Hall–Kier alpha value is -1.37. The highest BCUT2D eigenvalue weighted by molar-refractivity contribution is 7.99. The van der Waals surface area contributed by atoms with Gasteiger partial charge in [-0.25, -0.2) is 0 Å². The van der Waals surface area contributed by atoms with Gasteiger partial charge in [-0.2, -0.15) is 16.7 Å². The Morgan fingerprint density at radius 1 is 1.26 bits per heavy atom. The van der Waals surface area contributed by atoms with Crippen LogP contribution >= 0.6 is 11.8 Å². The summed E-state index contributed by atoms with van der Waals surface area (Å²) in [6, 6.07) is 8.82. The second-order valence-electron chi connectivity index (χ2n) is 6.00. The quantitative estimate of drug-likeness (QED) is 0.877. The van der Waals surface area contributed by atoms with Gasteiger partial charge in [0.15, 0.2) is 5.82 Å². The Morgan fingerprint density at radius 2 is 2.00 bits per heavy atom. The number of rotatable bonds is 6. The largest absolute Gasteiger partial charge is 0.334 e. The van der Waals surface area contributed by atoms with Crippen molar-refractivity contribution in [2.45, 2.75) is 25.9 Å². The first-order valence-electron chi connectivity index (χ1n) is 8.14. The van der Waals surface area contributed by atoms with E-state index in [-0.39, 0.29) is 0 Å². The topological polar surface area (TPSA) is 54.2 Å². The first kappa shape index (κ1) is 16.5. The van der Waals surface area contributed by atoms with Crippen LogP contribution in [0.25, 0.3) is 11.5 Å². The van der Waals surface area contributed by atoms with Gasteiger partial charge in [0, 0.05) is 49.2 Å². The number of hydrogen-bond acceptors (Lipinski definition) is 6. The second kappa shape index (κ2) is 7.95. The fraction of sp³-hybridized carbons (Fsp3) is 0.529. The number of nitrogens with zero attached hydrogens (tertiary/aromatic N) is 3. The second-order valence-corrected chi connectivity index (χ2v) is 7.22.